The zero-order valence-corrected chi connectivity index (χ0v) is 25.4. The SMILES string of the molecule is CCCCCCCCCCCCCCCOCC(COC1OC(CO)C(O)C(O)C1O)OC(=O)CCCCCC. The molecule has 1 rings (SSSR count). The van der Waals surface area contributed by atoms with Gasteiger partial charge in [-0.1, -0.05) is 110 Å². The molecule has 0 amide bonds. The van der Waals surface area contributed by atoms with Crippen molar-refractivity contribution < 1.29 is 44.2 Å². The Kier molecular flexibility index (Phi) is 23.0. The average Bonchev–Trinajstić information content (AvgIpc) is 2.95. The minimum atomic E-state index is -1.53. The summed E-state index contributed by atoms with van der Waals surface area (Å²) in [5.74, 6) is -0.330. The van der Waals surface area contributed by atoms with Crippen LogP contribution in [0.1, 0.15) is 129 Å². The van der Waals surface area contributed by atoms with Gasteiger partial charge >= 0.3 is 5.97 Å². The van der Waals surface area contributed by atoms with E-state index >= 15 is 0 Å². The van der Waals surface area contributed by atoms with Crippen molar-refractivity contribution in [2.24, 2.45) is 0 Å². The second kappa shape index (κ2) is 24.8. The smallest absolute Gasteiger partial charge is 0.306 e. The summed E-state index contributed by atoms with van der Waals surface area (Å²) in [6.07, 6.45) is 13.3. The molecule has 0 spiro atoms. The third-order valence-corrected chi connectivity index (χ3v) is 7.52. The van der Waals surface area contributed by atoms with E-state index in [2.05, 4.69) is 13.8 Å². The van der Waals surface area contributed by atoms with Crippen molar-refractivity contribution in [1.82, 2.24) is 0 Å². The van der Waals surface area contributed by atoms with Crippen LogP contribution in [0.3, 0.4) is 0 Å². The minimum absolute atomic E-state index is 0.109. The van der Waals surface area contributed by atoms with Crippen LogP contribution in [-0.4, -0.2) is 89.6 Å². The highest BCUT2D eigenvalue weighted by molar-refractivity contribution is 5.69. The van der Waals surface area contributed by atoms with Crippen molar-refractivity contribution in [2.45, 2.75) is 166 Å². The predicted molar refractivity (Wildman–Crippen MR) is 155 cm³/mol. The number of hydrogen-bond acceptors (Lipinski definition) is 9. The van der Waals surface area contributed by atoms with Gasteiger partial charge in [-0.05, 0) is 12.8 Å². The van der Waals surface area contributed by atoms with Crippen LogP contribution in [0.4, 0.5) is 0 Å². The molecule has 0 aromatic rings. The van der Waals surface area contributed by atoms with Gasteiger partial charge in [0.1, 0.15) is 30.5 Å². The molecule has 6 atom stereocenters. The molecule has 1 heterocycles. The molecule has 238 valence electrons. The van der Waals surface area contributed by atoms with E-state index in [1.807, 2.05) is 0 Å². The number of carbonyl (C=O) groups excluding carboxylic acids is 1. The van der Waals surface area contributed by atoms with E-state index in [0.717, 1.165) is 38.5 Å². The van der Waals surface area contributed by atoms with Gasteiger partial charge in [0.15, 0.2) is 6.29 Å². The maximum atomic E-state index is 12.4. The Morgan fingerprint density at radius 3 is 1.77 bits per heavy atom. The van der Waals surface area contributed by atoms with Crippen molar-refractivity contribution in [3.05, 3.63) is 0 Å². The number of aliphatic hydroxyl groups excluding tert-OH is 4. The molecule has 0 saturated carbocycles. The first-order chi connectivity index (χ1) is 19.4. The van der Waals surface area contributed by atoms with Crippen LogP contribution in [0.25, 0.3) is 0 Å². The summed E-state index contributed by atoms with van der Waals surface area (Å²) in [5, 5.41) is 39.5. The molecule has 0 bridgehead atoms. The van der Waals surface area contributed by atoms with Crippen LogP contribution in [0.15, 0.2) is 0 Å². The first-order valence-electron chi connectivity index (χ1n) is 16.1. The first kappa shape index (κ1) is 37.2. The van der Waals surface area contributed by atoms with E-state index in [-0.39, 0.29) is 19.2 Å². The lowest BCUT2D eigenvalue weighted by atomic mass is 9.99. The molecule has 4 N–H and O–H groups in total. The Balaban J connectivity index is 2.30. The number of carbonyl (C=O) groups is 1. The van der Waals surface area contributed by atoms with Crippen LogP contribution in [0, 0.1) is 0 Å². The van der Waals surface area contributed by atoms with E-state index in [1.165, 1.54) is 70.6 Å². The highest BCUT2D eigenvalue weighted by atomic mass is 16.7. The lowest BCUT2D eigenvalue weighted by molar-refractivity contribution is -0.305. The summed E-state index contributed by atoms with van der Waals surface area (Å²) in [5.41, 5.74) is 0. The minimum Gasteiger partial charge on any atom is -0.457 e. The van der Waals surface area contributed by atoms with Gasteiger partial charge in [0.2, 0.25) is 0 Å². The molecule has 1 aliphatic rings. The van der Waals surface area contributed by atoms with Crippen LogP contribution in [0.5, 0.6) is 0 Å². The molecule has 0 aromatic heterocycles. The van der Waals surface area contributed by atoms with Gasteiger partial charge in [-0.15, -0.1) is 0 Å². The zero-order chi connectivity index (χ0) is 29.4. The summed E-state index contributed by atoms with van der Waals surface area (Å²) in [7, 11) is 0. The van der Waals surface area contributed by atoms with Gasteiger partial charge in [-0.2, -0.15) is 0 Å². The fourth-order valence-corrected chi connectivity index (χ4v) is 4.90. The summed E-state index contributed by atoms with van der Waals surface area (Å²) < 4.78 is 22.4. The fourth-order valence-electron chi connectivity index (χ4n) is 4.90. The number of rotatable bonds is 26. The largest absolute Gasteiger partial charge is 0.457 e. The summed E-state index contributed by atoms with van der Waals surface area (Å²) in [4.78, 5) is 12.4. The number of esters is 1. The molecule has 9 heteroatoms. The summed E-state index contributed by atoms with van der Waals surface area (Å²) >= 11 is 0. The first-order valence-corrected chi connectivity index (χ1v) is 16.1. The van der Waals surface area contributed by atoms with Crippen LogP contribution in [-0.2, 0) is 23.7 Å². The van der Waals surface area contributed by atoms with Gasteiger partial charge in [0, 0.05) is 13.0 Å². The standard InChI is InChI=1S/C31H60O9/c1-3-5-7-9-10-11-12-13-14-15-16-17-19-21-37-23-25(39-27(33)20-18-8-6-4-2)24-38-31-30(36)29(35)28(34)26(22-32)40-31/h25-26,28-32,34-36H,3-24H2,1-2H3. The molecule has 1 fully saturated rings. The third-order valence-electron chi connectivity index (χ3n) is 7.52. The van der Waals surface area contributed by atoms with E-state index in [4.69, 9.17) is 18.9 Å². The quantitative estimate of drug-likeness (QED) is 0.0846. The Labute approximate surface area is 242 Å². The number of ether oxygens (including phenoxy) is 4. The van der Waals surface area contributed by atoms with Gasteiger partial charge in [-0.25, -0.2) is 0 Å². The van der Waals surface area contributed by atoms with Crippen molar-refractivity contribution in [1.29, 1.82) is 0 Å². The number of unbranched alkanes of at least 4 members (excludes halogenated alkanes) is 15. The molecule has 40 heavy (non-hydrogen) atoms. The van der Waals surface area contributed by atoms with E-state index in [0.29, 0.717) is 13.0 Å². The van der Waals surface area contributed by atoms with E-state index in [1.54, 1.807) is 0 Å². The highest BCUT2D eigenvalue weighted by Gasteiger charge is 2.44. The van der Waals surface area contributed by atoms with Gasteiger partial charge in [0.25, 0.3) is 0 Å². The average molecular weight is 577 g/mol. The predicted octanol–water partition coefficient (Wildman–Crippen LogP) is 4.79. The summed E-state index contributed by atoms with van der Waals surface area (Å²) in [6.45, 7) is 4.42. The molecule has 6 unspecified atom stereocenters. The lowest BCUT2D eigenvalue weighted by Gasteiger charge is -2.39. The number of aliphatic hydroxyl groups is 4. The second-order valence-electron chi connectivity index (χ2n) is 11.3. The van der Waals surface area contributed by atoms with Crippen molar-refractivity contribution >= 4 is 5.97 Å². The normalized spacial score (nSPS) is 23.8. The molecule has 0 aromatic carbocycles. The molecular weight excluding hydrogens is 516 g/mol. The molecular formula is C31H60O9. The highest BCUT2D eigenvalue weighted by Crippen LogP contribution is 2.22. The van der Waals surface area contributed by atoms with Crippen LogP contribution in [0.2, 0.25) is 0 Å². The Bertz CT molecular complexity index is 589. The Morgan fingerprint density at radius 2 is 1.23 bits per heavy atom. The molecule has 0 aliphatic carbocycles. The van der Waals surface area contributed by atoms with Crippen LogP contribution < -0.4 is 0 Å². The second-order valence-corrected chi connectivity index (χ2v) is 11.3. The lowest BCUT2D eigenvalue weighted by Crippen LogP contribution is -2.59. The van der Waals surface area contributed by atoms with Crippen molar-refractivity contribution in [3.8, 4) is 0 Å². The van der Waals surface area contributed by atoms with E-state index in [9.17, 15) is 25.2 Å². The Hall–Kier alpha value is -0.810. The third kappa shape index (κ3) is 17.2. The zero-order valence-electron chi connectivity index (χ0n) is 25.4. The van der Waals surface area contributed by atoms with Crippen LogP contribution >= 0.6 is 0 Å². The van der Waals surface area contributed by atoms with Gasteiger partial charge < -0.3 is 39.4 Å². The van der Waals surface area contributed by atoms with Crippen molar-refractivity contribution in [3.63, 3.8) is 0 Å². The molecule has 9 nitrogen and oxygen atoms in total. The van der Waals surface area contributed by atoms with E-state index < -0.39 is 43.4 Å². The summed E-state index contributed by atoms with van der Waals surface area (Å²) in [6, 6.07) is 0. The van der Waals surface area contributed by atoms with Gasteiger partial charge in [-0.3, -0.25) is 4.79 Å². The topological polar surface area (TPSA) is 135 Å². The maximum absolute atomic E-state index is 12.4. The van der Waals surface area contributed by atoms with Gasteiger partial charge in [0.05, 0.1) is 19.8 Å². The monoisotopic (exact) mass is 576 g/mol. The number of hydrogen-bond donors (Lipinski definition) is 4. The maximum Gasteiger partial charge on any atom is 0.306 e. The Morgan fingerprint density at radius 1 is 0.700 bits per heavy atom. The molecule has 1 aliphatic heterocycles. The fraction of sp³-hybridized carbons (Fsp3) is 0.968. The molecule has 0 radical (unpaired) electrons. The van der Waals surface area contributed by atoms with Crippen molar-refractivity contribution in [2.75, 3.05) is 26.4 Å². The molecule has 1 saturated heterocycles.